The standard InChI is InChI=1S/C16H29NO2/c1-12(2)14-7-6-13(3)10-16(14,11-15(18)19)17-8-4-5-9-17/h12-14H,4-11H2,1-3H3,(H,18,19). The fourth-order valence-electron chi connectivity index (χ4n) is 4.65. The molecule has 2 aliphatic rings. The Hall–Kier alpha value is -0.570. The van der Waals surface area contributed by atoms with E-state index in [1.807, 2.05) is 0 Å². The molecule has 1 aliphatic carbocycles. The maximum atomic E-state index is 11.5. The van der Waals surface area contributed by atoms with Crippen LogP contribution in [0, 0.1) is 17.8 Å². The molecule has 0 bridgehead atoms. The summed E-state index contributed by atoms with van der Waals surface area (Å²) in [5.41, 5.74) is -0.0752. The average Bonchev–Trinajstić information content (AvgIpc) is 2.80. The van der Waals surface area contributed by atoms with Crippen LogP contribution >= 0.6 is 0 Å². The minimum atomic E-state index is -0.619. The van der Waals surface area contributed by atoms with E-state index in [4.69, 9.17) is 0 Å². The summed E-state index contributed by atoms with van der Waals surface area (Å²) in [7, 11) is 0. The van der Waals surface area contributed by atoms with E-state index in [0.29, 0.717) is 24.2 Å². The summed E-state index contributed by atoms with van der Waals surface area (Å²) in [4.78, 5) is 14.0. The van der Waals surface area contributed by atoms with Crippen molar-refractivity contribution in [3.8, 4) is 0 Å². The molecule has 1 N–H and O–H groups in total. The molecule has 3 unspecified atom stereocenters. The van der Waals surface area contributed by atoms with Gasteiger partial charge in [-0.2, -0.15) is 0 Å². The molecule has 19 heavy (non-hydrogen) atoms. The van der Waals surface area contributed by atoms with Gasteiger partial charge in [0.2, 0.25) is 0 Å². The molecule has 0 aromatic carbocycles. The lowest BCUT2D eigenvalue weighted by Crippen LogP contribution is -2.58. The van der Waals surface area contributed by atoms with Gasteiger partial charge in [0.25, 0.3) is 0 Å². The van der Waals surface area contributed by atoms with Crippen LogP contribution in [0.1, 0.15) is 59.3 Å². The van der Waals surface area contributed by atoms with Crippen molar-refractivity contribution in [3.63, 3.8) is 0 Å². The summed E-state index contributed by atoms with van der Waals surface area (Å²) < 4.78 is 0. The number of likely N-dealkylation sites (tertiary alicyclic amines) is 1. The summed E-state index contributed by atoms with van der Waals surface area (Å²) in [6.45, 7) is 9.04. The van der Waals surface area contributed by atoms with Gasteiger partial charge >= 0.3 is 5.97 Å². The van der Waals surface area contributed by atoms with E-state index in [1.165, 1.54) is 25.7 Å². The molecule has 3 nitrogen and oxygen atoms in total. The minimum absolute atomic E-state index is 0.0752. The van der Waals surface area contributed by atoms with E-state index < -0.39 is 5.97 Å². The lowest BCUT2D eigenvalue weighted by molar-refractivity contribution is -0.144. The number of nitrogens with zero attached hydrogens (tertiary/aromatic N) is 1. The van der Waals surface area contributed by atoms with Crippen molar-refractivity contribution in [3.05, 3.63) is 0 Å². The summed E-state index contributed by atoms with van der Waals surface area (Å²) in [6.07, 6.45) is 6.34. The van der Waals surface area contributed by atoms with Crippen LogP contribution < -0.4 is 0 Å². The number of carboxylic acids is 1. The van der Waals surface area contributed by atoms with Gasteiger partial charge in [0.1, 0.15) is 0 Å². The second-order valence-electron chi connectivity index (χ2n) is 7.11. The summed E-state index contributed by atoms with van der Waals surface area (Å²) >= 11 is 0. The SMILES string of the molecule is CC1CCC(C(C)C)C(CC(=O)O)(N2CCCC2)C1. The van der Waals surface area contributed by atoms with E-state index in [-0.39, 0.29) is 5.54 Å². The zero-order valence-corrected chi connectivity index (χ0v) is 12.7. The molecule has 1 aliphatic heterocycles. The van der Waals surface area contributed by atoms with E-state index in [0.717, 1.165) is 19.5 Å². The predicted molar refractivity (Wildman–Crippen MR) is 77.1 cm³/mol. The van der Waals surface area contributed by atoms with E-state index >= 15 is 0 Å². The van der Waals surface area contributed by atoms with Crippen molar-refractivity contribution < 1.29 is 9.90 Å². The molecule has 3 atom stereocenters. The molecule has 1 saturated carbocycles. The van der Waals surface area contributed by atoms with Crippen LogP contribution in [0.2, 0.25) is 0 Å². The Bertz CT molecular complexity index is 323. The van der Waals surface area contributed by atoms with Gasteiger partial charge in [0, 0.05) is 5.54 Å². The molecule has 0 amide bonds. The van der Waals surface area contributed by atoms with E-state index in [1.54, 1.807) is 0 Å². The average molecular weight is 267 g/mol. The maximum absolute atomic E-state index is 11.5. The normalized spacial score (nSPS) is 36.8. The van der Waals surface area contributed by atoms with Gasteiger partial charge in [-0.3, -0.25) is 9.69 Å². The molecule has 0 radical (unpaired) electrons. The molecular formula is C16H29NO2. The van der Waals surface area contributed by atoms with Gasteiger partial charge in [-0.05, 0) is 56.5 Å². The Kier molecular flexibility index (Phi) is 4.54. The zero-order chi connectivity index (χ0) is 14.0. The van der Waals surface area contributed by atoms with Crippen LogP contribution in [0.5, 0.6) is 0 Å². The van der Waals surface area contributed by atoms with E-state index in [2.05, 4.69) is 25.7 Å². The number of hydrogen-bond donors (Lipinski definition) is 1. The Morgan fingerprint density at radius 2 is 1.95 bits per heavy atom. The molecule has 1 heterocycles. The van der Waals surface area contributed by atoms with Crippen molar-refractivity contribution >= 4 is 5.97 Å². The minimum Gasteiger partial charge on any atom is -0.481 e. The van der Waals surface area contributed by atoms with Crippen molar-refractivity contribution in [2.24, 2.45) is 17.8 Å². The molecule has 2 fully saturated rings. The van der Waals surface area contributed by atoms with E-state index in [9.17, 15) is 9.90 Å². The van der Waals surface area contributed by atoms with Gasteiger partial charge in [0.05, 0.1) is 6.42 Å². The molecule has 0 aromatic rings. The van der Waals surface area contributed by atoms with Crippen LogP contribution in [0.4, 0.5) is 0 Å². The number of aliphatic carboxylic acids is 1. The molecule has 0 spiro atoms. The highest BCUT2D eigenvalue weighted by Gasteiger charge is 2.49. The highest BCUT2D eigenvalue weighted by Crippen LogP contribution is 2.47. The van der Waals surface area contributed by atoms with Crippen LogP contribution in [0.25, 0.3) is 0 Å². The zero-order valence-electron chi connectivity index (χ0n) is 12.7. The smallest absolute Gasteiger partial charge is 0.305 e. The molecule has 2 rings (SSSR count). The highest BCUT2D eigenvalue weighted by atomic mass is 16.4. The van der Waals surface area contributed by atoms with Crippen molar-refractivity contribution in [1.82, 2.24) is 4.90 Å². The second kappa shape index (κ2) is 5.82. The van der Waals surface area contributed by atoms with Gasteiger partial charge in [0.15, 0.2) is 0 Å². The third kappa shape index (κ3) is 2.96. The van der Waals surface area contributed by atoms with Gasteiger partial charge in [-0.1, -0.05) is 27.2 Å². The highest BCUT2D eigenvalue weighted by molar-refractivity contribution is 5.68. The number of carboxylic acid groups (broad SMARTS) is 1. The molecular weight excluding hydrogens is 238 g/mol. The third-order valence-electron chi connectivity index (χ3n) is 5.36. The Balaban J connectivity index is 2.32. The first-order valence-electron chi connectivity index (χ1n) is 7.92. The third-order valence-corrected chi connectivity index (χ3v) is 5.36. The molecule has 3 heteroatoms. The number of hydrogen-bond acceptors (Lipinski definition) is 2. The first-order chi connectivity index (χ1) is 8.95. The van der Waals surface area contributed by atoms with Gasteiger partial charge < -0.3 is 5.11 Å². The lowest BCUT2D eigenvalue weighted by Gasteiger charge is -2.53. The fraction of sp³-hybridized carbons (Fsp3) is 0.938. The molecule has 110 valence electrons. The molecule has 1 saturated heterocycles. The predicted octanol–water partition coefficient (Wildman–Crippen LogP) is 3.39. The monoisotopic (exact) mass is 267 g/mol. The van der Waals surface area contributed by atoms with Crippen LogP contribution in [0.3, 0.4) is 0 Å². The quantitative estimate of drug-likeness (QED) is 0.849. The second-order valence-corrected chi connectivity index (χ2v) is 7.11. The molecule has 0 aromatic heterocycles. The first-order valence-corrected chi connectivity index (χ1v) is 7.92. The number of carbonyl (C=O) groups is 1. The lowest BCUT2D eigenvalue weighted by atomic mass is 9.62. The van der Waals surface area contributed by atoms with Gasteiger partial charge in [-0.25, -0.2) is 0 Å². The van der Waals surface area contributed by atoms with Crippen LogP contribution in [-0.2, 0) is 4.79 Å². The van der Waals surface area contributed by atoms with Crippen molar-refractivity contribution in [2.75, 3.05) is 13.1 Å². The number of rotatable bonds is 4. The summed E-state index contributed by atoms with van der Waals surface area (Å²) in [6, 6.07) is 0. The largest absolute Gasteiger partial charge is 0.481 e. The van der Waals surface area contributed by atoms with Crippen LogP contribution in [-0.4, -0.2) is 34.6 Å². The summed E-state index contributed by atoms with van der Waals surface area (Å²) in [5.74, 6) is 1.16. The fourth-order valence-corrected chi connectivity index (χ4v) is 4.65. The summed E-state index contributed by atoms with van der Waals surface area (Å²) in [5, 5.41) is 9.45. The Morgan fingerprint density at radius 1 is 1.32 bits per heavy atom. The topological polar surface area (TPSA) is 40.5 Å². The Labute approximate surface area is 117 Å². The van der Waals surface area contributed by atoms with Gasteiger partial charge in [-0.15, -0.1) is 0 Å². The van der Waals surface area contributed by atoms with Crippen molar-refractivity contribution in [2.45, 2.75) is 64.8 Å². The first kappa shape index (κ1) is 14.8. The maximum Gasteiger partial charge on any atom is 0.305 e. The van der Waals surface area contributed by atoms with Crippen LogP contribution in [0.15, 0.2) is 0 Å². The van der Waals surface area contributed by atoms with Crippen molar-refractivity contribution in [1.29, 1.82) is 0 Å². The Morgan fingerprint density at radius 3 is 2.47 bits per heavy atom.